The molecule has 0 bridgehead atoms. The Morgan fingerprint density at radius 2 is 1.77 bits per heavy atom. The highest BCUT2D eigenvalue weighted by molar-refractivity contribution is 9.10. The summed E-state index contributed by atoms with van der Waals surface area (Å²) < 4.78 is 2.73. The molecule has 0 radical (unpaired) electrons. The molecule has 3 aromatic rings. The highest BCUT2D eigenvalue weighted by atomic mass is 79.9. The molecule has 1 aromatic heterocycles. The Labute approximate surface area is 202 Å². The molecule has 2 aromatic carbocycles. The van der Waals surface area contributed by atoms with Gasteiger partial charge in [0.1, 0.15) is 0 Å². The second kappa shape index (κ2) is 10.1. The quantitative estimate of drug-likeness (QED) is 0.472. The van der Waals surface area contributed by atoms with Crippen molar-refractivity contribution in [3.8, 4) is 0 Å². The Bertz CT molecular complexity index is 1040. The molecule has 1 N–H and O–H groups in total. The Hall–Kier alpha value is -1.93. The fraction of sp³-hybridized carbons (Fsp3) is 0.304. The summed E-state index contributed by atoms with van der Waals surface area (Å²) in [4.78, 5) is 4.68. The van der Waals surface area contributed by atoms with Crippen LogP contribution in [0.25, 0.3) is 0 Å². The molecule has 31 heavy (non-hydrogen) atoms. The molecule has 0 atom stereocenters. The van der Waals surface area contributed by atoms with E-state index in [-0.39, 0.29) is 0 Å². The predicted octanol–water partition coefficient (Wildman–Crippen LogP) is 5.17. The van der Waals surface area contributed by atoms with Gasteiger partial charge >= 0.3 is 0 Å². The fourth-order valence-corrected chi connectivity index (χ4v) is 4.49. The predicted molar refractivity (Wildman–Crippen MR) is 135 cm³/mol. The van der Waals surface area contributed by atoms with Crippen LogP contribution >= 0.6 is 39.7 Å². The van der Waals surface area contributed by atoms with Gasteiger partial charge in [-0.15, -0.1) is 0 Å². The van der Waals surface area contributed by atoms with Gasteiger partial charge in [-0.2, -0.15) is 5.10 Å². The summed E-state index contributed by atoms with van der Waals surface area (Å²) in [7, 11) is 0. The van der Waals surface area contributed by atoms with Crippen LogP contribution in [0.5, 0.6) is 0 Å². The van der Waals surface area contributed by atoms with Crippen LogP contribution in [0.4, 0.5) is 5.82 Å². The van der Waals surface area contributed by atoms with Crippen LogP contribution in [0.2, 0.25) is 5.02 Å². The minimum atomic E-state index is 0.602. The molecule has 1 aliphatic rings. The number of piperazine rings is 1. The zero-order chi connectivity index (χ0) is 21.8. The Balaban J connectivity index is 1.30. The van der Waals surface area contributed by atoms with E-state index in [0.717, 1.165) is 53.6 Å². The third-order valence-corrected chi connectivity index (χ3v) is 6.73. The monoisotopic (exact) mass is 517 g/mol. The molecule has 0 amide bonds. The van der Waals surface area contributed by atoms with Crippen LogP contribution < -0.4 is 5.32 Å². The minimum absolute atomic E-state index is 0.602. The number of aromatic nitrogens is 2. The Morgan fingerprint density at radius 1 is 1.06 bits per heavy atom. The van der Waals surface area contributed by atoms with Gasteiger partial charge < -0.3 is 10.2 Å². The maximum atomic E-state index is 6.28. The molecule has 1 fully saturated rings. The first-order chi connectivity index (χ1) is 15.0. The van der Waals surface area contributed by atoms with Crippen LogP contribution in [0.1, 0.15) is 16.7 Å². The summed E-state index contributed by atoms with van der Waals surface area (Å²) >= 11 is 15.5. The molecular formula is C23H25BrClN5S. The number of halogens is 2. The van der Waals surface area contributed by atoms with Crippen molar-refractivity contribution in [2.75, 3.05) is 31.5 Å². The number of benzene rings is 2. The second-order valence-corrected chi connectivity index (χ2v) is 9.44. The Kier molecular flexibility index (Phi) is 7.27. The number of hydrogen-bond donors (Lipinski definition) is 1. The largest absolute Gasteiger partial charge is 0.346 e. The molecule has 0 saturated carbocycles. The van der Waals surface area contributed by atoms with Crippen molar-refractivity contribution in [3.05, 3.63) is 80.9 Å². The summed E-state index contributed by atoms with van der Waals surface area (Å²) in [6, 6.07) is 16.6. The molecule has 0 spiro atoms. The number of anilines is 1. The fourth-order valence-electron chi connectivity index (χ4n) is 3.61. The van der Waals surface area contributed by atoms with Crippen LogP contribution in [-0.4, -0.2) is 50.9 Å². The van der Waals surface area contributed by atoms with Crippen LogP contribution in [0, 0.1) is 6.92 Å². The molecule has 8 heteroatoms. The van der Waals surface area contributed by atoms with Crippen molar-refractivity contribution in [2.45, 2.75) is 20.0 Å². The molecule has 0 unspecified atom stereocenters. The average Bonchev–Trinajstić information content (AvgIpc) is 3.10. The van der Waals surface area contributed by atoms with E-state index >= 15 is 0 Å². The van der Waals surface area contributed by atoms with Crippen LogP contribution in [0.15, 0.2) is 59.2 Å². The van der Waals surface area contributed by atoms with Crippen molar-refractivity contribution in [2.24, 2.45) is 0 Å². The van der Waals surface area contributed by atoms with E-state index < -0.39 is 0 Å². The summed E-state index contributed by atoms with van der Waals surface area (Å²) in [6.07, 6.45) is 1.94. The van der Waals surface area contributed by atoms with E-state index in [1.807, 2.05) is 35.1 Å². The Morgan fingerprint density at radius 3 is 2.48 bits per heavy atom. The van der Waals surface area contributed by atoms with Gasteiger partial charge in [-0.25, -0.2) is 0 Å². The number of nitrogens with one attached hydrogen (secondary N) is 1. The van der Waals surface area contributed by atoms with Gasteiger partial charge in [0, 0.05) is 43.9 Å². The third-order valence-electron chi connectivity index (χ3n) is 5.42. The van der Waals surface area contributed by atoms with Gasteiger partial charge in [-0.3, -0.25) is 9.58 Å². The second-order valence-electron chi connectivity index (χ2n) is 7.79. The molecule has 1 saturated heterocycles. The third kappa shape index (κ3) is 5.86. The van der Waals surface area contributed by atoms with Crippen molar-refractivity contribution in [3.63, 3.8) is 0 Å². The van der Waals surface area contributed by atoms with Crippen molar-refractivity contribution < 1.29 is 0 Å². The zero-order valence-electron chi connectivity index (χ0n) is 17.4. The first kappa shape index (κ1) is 22.3. The van der Waals surface area contributed by atoms with Gasteiger partial charge in [0.15, 0.2) is 10.9 Å². The lowest BCUT2D eigenvalue weighted by molar-refractivity contribution is 0.177. The van der Waals surface area contributed by atoms with Crippen LogP contribution in [0.3, 0.4) is 0 Å². The average molecular weight is 519 g/mol. The lowest BCUT2D eigenvalue weighted by atomic mass is 10.1. The van der Waals surface area contributed by atoms with Gasteiger partial charge in [0.05, 0.1) is 11.0 Å². The zero-order valence-corrected chi connectivity index (χ0v) is 20.6. The van der Waals surface area contributed by atoms with E-state index in [1.165, 1.54) is 11.1 Å². The lowest BCUT2D eigenvalue weighted by Gasteiger charge is -2.36. The standard InChI is InChI=1S/C23H25BrClN5S/c1-17-6-8-18(9-7-17)14-28-10-12-29(13-11-28)23(31)26-22-20(24)16-30(27-22)15-19-4-2-3-5-21(19)25/h2-9,16H,10-15H2,1H3,(H,26,27,31). The molecule has 162 valence electrons. The van der Waals surface area contributed by atoms with Gasteiger partial charge in [0.25, 0.3) is 0 Å². The summed E-state index contributed by atoms with van der Waals surface area (Å²) in [5.41, 5.74) is 3.68. The normalized spacial score (nSPS) is 14.6. The number of rotatable bonds is 5. The first-order valence-electron chi connectivity index (χ1n) is 10.3. The summed E-state index contributed by atoms with van der Waals surface area (Å²) in [5.74, 6) is 0.721. The summed E-state index contributed by atoms with van der Waals surface area (Å²) in [6.45, 7) is 7.46. The molecule has 2 heterocycles. The van der Waals surface area contributed by atoms with Crippen molar-refractivity contribution >= 4 is 50.7 Å². The van der Waals surface area contributed by atoms with E-state index in [9.17, 15) is 0 Å². The number of aryl methyl sites for hydroxylation is 1. The highest BCUT2D eigenvalue weighted by Gasteiger charge is 2.20. The smallest absolute Gasteiger partial charge is 0.174 e. The number of hydrogen-bond acceptors (Lipinski definition) is 3. The maximum absolute atomic E-state index is 6.28. The van der Waals surface area contributed by atoms with Gasteiger partial charge in [0.2, 0.25) is 0 Å². The van der Waals surface area contributed by atoms with E-state index in [1.54, 1.807) is 0 Å². The summed E-state index contributed by atoms with van der Waals surface area (Å²) in [5, 5.41) is 9.38. The lowest BCUT2D eigenvalue weighted by Crippen LogP contribution is -2.49. The SMILES string of the molecule is Cc1ccc(CN2CCN(C(=S)Nc3nn(Cc4ccccc4Cl)cc3Br)CC2)cc1. The van der Waals surface area contributed by atoms with E-state index in [2.05, 4.69) is 67.3 Å². The molecular weight excluding hydrogens is 494 g/mol. The number of thiocarbonyl (C=S) groups is 1. The molecule has 0 aliphatic carbocycles. The maximum Gasteiger partial charge on any atom is 0.174 e. The van der Waals surface area contributed by atoms with Gasteiger partial charge in [-0.05, 0) is 52.3 Å². The van der Waals surface area contributed by atoms with E-state index in [0.29, 0.717) is 11.7 Å². The van der Waals surface area contributed by atoms with E-state index in [4.69, 9.17) is 23.8 Å². The minimum Gasteiger partial charge on any atom is -0.346 e. The topological polar surface area (TPSA) is 36.3 Å². The van der Waals surface area contributed by atoms with Crippen LogP contribution in [-0.2, 0) is 13.1 Å². The number of nitrogens with zero attached hydrogens (tertiary/aromatic N) is 4. The first-order valence-corrected chi connectivity index (χ1v) is 11.9. The molecule has 1 aliphatic heterocycles. The molecule has 4 rings (SSSR count). The molecule has 5 nitrogen and oxygen atoms in total. The van der Waals surface area contributed by atoms with Gasteiger partial charge in [-0.1, -0.05) is 59.6 Å². The highest BCUT2D eigenvalue weighted by Crippen LogP contribution is 2.23. The van der Waals surface area contributed by atoms with Crippen molar-refractivity contribution in [1.82, 2.24) is 19.6 Å². The van der Waals surface area contributed by atoms with Crippen molar-refractivity contribution in [1.29, 1.82) is 0 Å².